The van der Waals surface area contributed by atoms with Crippen LogP contribution >= 0.6 is 0 Å². The average Bonchev–Trinajstić information content (AvgIpc) is 2.67. The number of hydrogen-bond donors (Lipinski definition) is 1. The molecule has 1 atom stereocenters. The highest BCUT2D eigenvalue weighted by molar-refractivity contribution is 5.85. The normalized spacial score (nSPS) is 20.6. The molecular formula is C15H19NO3. The van der Waals surface area contributed by atoms with Gasteiger partial charge in [-0.1, -0.05) is 13.0 Å². The molecular weight excluding hydrogens is 242 g/mol. The lowest BCUT2D eigenvalue weighted by molar-refractivity contribution is -0.125. The molecule has 102 valence electrons. The average molecular weight is 261 g/mol. The number of amides is 2. The largest absolute Gasteiger partial charge is 0.492 e. The van der Waals surface area contributed by atoms with Crippen molar-refractivity contribution in [2.24, 2.45) is 0 Å². The molecule has 1 aliphatic heterocycles. The van der Waals surface area contributed by atoms with Crippen LogP contribution in [0.4, 0.5) is 0 Å². The summed E-state index contributed by atoms with van der Waals surface area (Å²) in [5.74, 6) is 0.676. The number of imide groups is 1. The number of hydrogen-bond acceptors (Lipinski definition) is 3. The van der Waals surface area contributed by atoms with Crippen molar-refractivity contribution in [3.63, 3.8) is 0 Å². The molecule has 0 bridgehead atoms. The second-order valence-corrected chi connectivity index (χ2v) is 5.47. The highest BCUT2D eigenvalue weighted by Gasteiger charge is 2.36. The number of rotatable bonds is 4. The van der Waals surface area contributed by atoms with Crippen LogP contribution in [-0.4, -0.2) is 18.9 Å². The number of ether oxygens (including phenoxy) is 1. The second kappa shape index (κ2) is 5.03. The quantitative estimate of drug-likeness (QED) is 0.843. The van der Waals surface area contributed by atoms with Gasteiger partial charge in [0.2, 0.25) is 12.3 Å². The Hall–Kier alpha value is -1.84. The molecule has 1 aromatic rings. The molecule has 4 heteroatoms. The third-order valence-electron chi connectivity index (χ3n) is 3.92. The van der Waals surface area contributed by atoms with Gasteiger partial charge in [0, 0.05) is 17.4 Å². The van der Waals surface area contributed by atoms with Crippen LogP contribution in [0, 0.1) is 13.8 Å². The van der Waals surface area contributed by atoms with E-state index in [9.17, 15) is 9.59 Å². The predicted octanol–water partition coefficient (Wildman–Crippen LogP) is 2.01. The number of aryl methyl sites for hydroxylation is 2. The van der Waals surface area contributed by atoms with Gasteiger partial charge in [0.15, 0.2) is 0 Å². The summed E-state index contributed by atoms with van der Waals surface area (Å²) in [6.07, 6.45) is 1.42. The first-order valence-corrected chi connectivity index (χ1v) is 6.44. The molecule has 0 saturated heterocycles. The first kappa shape index (κ1) is 13.6. The molecule has 0 saturated carbocycles. The Morgan fingerprint density at radius 3 is 2.79 bits per heavy atom. The van der Waals surface area contributed by atoms with E-state index in [0.717, 1.165) is 11.3 Å². The van der Waals surface area contributed by atoms with E-state index >= 15 is 0 Å². The Balaban J connectivity index is 2.17. The van der Waals surface area contributed by atoms with Crippen LogP contribution in [0.2, 0.25) is 0 Å². The van der Waals surface area contributed by atoms with E-state index in [1.165, 1.54) is 11.1 Å². The number of nitrogens with one attached hydrogen (secondary N) is 1. The third-order valence-corrected chi connectivity index (χ3v) is 3.92. The maximum absolute atomic E-state index is 11.4. The van der Waals surface area contributed by atoms with Crippen molar-refractivity contribution in [1.82, 2.24) is 5.32 Å². The Morgan fingerprint density at radius 2 is 2.11 bits per heavy atom. The SMILES string of the molecule is Cc1cc2c(cc1C)C(C)(CCC(=O)NC=O)CO2. The van der Waals surface area contributed by atoms with Gasteiger partial charge in [-0.3, -0.25) is 14.9 Å². The van der Waals surface area contributed by atoms with Gasteiger partial charge in [-0.05, 0) is 37.5 Å². The Kier molecular flexibility index (Phi) is 3.60. The minimum Gasteiger partial charge on any atom is -0.492 e. The zero-order valence-corrected chi connectivity index (χ0v) is 11.6. The maximum atomic E-state index is 11.4. The molecule has 0 spiro atoms. The Labute approximate surface area is 113 Å². The molecule has 19 heavy (non-hydrogen) atoms. The Bertz CT molecular complexity index is 524. The van der Waals surface area contributed by atoms with Crippen molar-refractivity contribution >= 4 is 12.3 Å². The van der Waals surface area contributed by atoms with Crippen molar-refractivity contribution in [3.8, 4) is 5.75 Å². The highest BCUT2D eigenvalue weighted by Crippen LogP contribution is 2.42. The fourth-order valence-electron chi connectivity index (χ4n) is 2.43. The highest BCUT2D eigenvalue weighted by atomic mass is 16.5. The zero-order valence-electron chi connectivity index (χ0n) is 11.6. The fraction of sp³-hybridized carbons (Fsp3) is 0.467. The molecule has 1 aliphatic rings. The molecule has 0 radical (unpaired) electrons. The minimum atomic E-state index is -0.242. The van der Waals surface area contributed by atoms with Crippen LogP contribution in [0.1, 0.15) is 36.5 Å². The van der Waals surface area contributed by atoms with E-state index in [4.69, 9.17) is 4.74 Å². The summed E-state index contributed by atoms with van der Waals surface area (Å²) in [7, 11) is 0. The van der Waals surface area contributed by atoms with E-state index in [0.29, 0.717) is 25.9 Å². The summed E-state index contributed by atoms with van der Waals surface area (Å²) in [6, 6.07) is 4.21. The topological polar surface area (TPSA) is 55.4 Å². The van der Waals surface area contributed by atoms with Crippen molar-refractivity contribution in [1.29, 1.82) is 0 Å². The first-order valence-electron chi connectivity index (χ1n) is 6.44. The van der Waals surface area contributed by atoms with Gasteiger partial charge < -0.3 is 4.74 Å². The van der Waals surface area contributed by atoms with E-state index in [-0.39, 0.29) is 11.3 Å². The minimum absolute atomic E-state index is 0.159. The third kappa shape index (κ3) is 2.62. The van der Waals surface area contributed by atoms with Crippen LogP contribution in [-0.2, 0) is 15.0 Å². The van der Waals surface area contributed by atoms with Crippen LogP contribution in [0.3, 0.4) is 0 Å². The molecule has 4 nitrogen and oxygen atoms in total. The molecule has 0 fully saturated rings. The number of carbonyl (C=O) groups excluding carboxylic acids is 2. The molecule has 0 aromatic heterocycles. The van der Waals surface area contributed by atoms with E-state index < -0.39 is 0 Å². The van der Waals surface area contributed by atoms with Crippen molar-refractivity contribution < 1.29 is 14.3 Å². The van der Waals surface area contributed by atoms with Crippen LogP contribution < -0.4 is 10.1 Å². The van der Waals surface area contributed by atoms with E-state index in [1.54, 1.807) is 0 Å². The number of fused-ring (bicyclic) bond motifs is 1. The van der Waals surface area contributed by atoms with Crippen molar-refractivity contribution in [2.45, 2.75) is 39.0 Å². The summed E-state index contributed by atoms with van der Waals surface area (Å²) in [5, 5.41) is 2.17. The summed E-state index contributed by atoms with van der Waals surface area (Å²) in [4.78, 5) is 21.6. The lowest BCUT2D eigenvalue weighted by Gasteiger charge is -2.22. The van der Waals surface area contributed by atoms with Crippen molar-refractivity contribution in [2.75, 3.05) is 6.61 Å². The van der Waals surface area contributed by atoms with Gasteiger partial charge in [-0.15, -0.1) is 0 Å². The van der Waals surface area contributed by atoms with Crippen LogP contribution in [0.15, 0.2) is 12.1 Å². The van der Waals surface area contributed by atoms with E-state index in [1.807, 2.05) is 0 Å². The second-order valence-electron chi connectivity index (χ2n) is 5.47. The van der Waals surface area contributed by atoms with Crippen LogP contribution in [0.25, 0.3) is 0 Å². The van der Waals surface area contributed by atoms with Crippen LogP contribution in [0.5, 0.6) is 5.75 Å². The van der Waals surface area contributed by atoms with Gasteiger partial charge in [0.1, 0.15) is 5.75 Å². The maximum Gasteiger partial charge on any atom is 0.226 e. The Morgan fingerprint density at radius 1 is 1.42 bits per heavy atom. The monoisotopic (exact) mass is 261 g/mol. The summed E-state index contributed by atoms with van der Waals surface area (Å²) in [6.45, 7) is 6.82. The predicted molar refractivity (Wildman–Crippen MR) is 72.2 cm³/mol. The smallest absolute Gasteiger partial charge is 0.226 e. The van der Waals surface area contributed by atoms with Crippen molar-refractivity contribution in [3.05, 3.63) is 28.8 Å². The molecule has 2 rings (SSSR count). The number of carbonyl (C=O) groups is 2. The molecule has 1 heterocycles. The number of benzene rings is 1. The first-order chi connectivity index (χ1) is 8.96. The molecule has 1 aromatic carbocycles. The fourth-order valence-corrected chi connectivity index (χ4v) is 2.43. The summed E-state index contributed by atoms with van der Waals surface area (Å²) in [5.41, 5.74) is 3.44. The molecule has 1 N–H and O–H groups in total. The van der Waals surface area contributed by atoms with E-state index in [2.05, 4.69) is 38.2 Å². The van der Waals surface area contributed by atoms with Gasteiger partial charge in [-0.25, -0.2) is 0 Å². The lowest BCUT2D eigenvalue weighted by Crippen LogP contribution is -2.28. The summed E-state index contributed by atoms with van der Waals surface area (Å²) < 4.78 is 5.74. The van der Waals surface area contributed by atoms with Gasteiger partial charge in [0.25, 0.3) is 0 Å². The van der Waals surface area contributed by atoms with Gasteiger partial charge in [0.05, 0.1) is 6.61 Å². The lowest BCUT2D eigenvalue weighted by atomic mass is 9.79. The molecule has 2 amide bonds. The zero-order chi connectivity index (χ0) is 14.0. The molecule has 0 aliphatic carbocycles. The molecule has 1 unspecified atom stereocenters. The van der Waals surface area contributed by atoms with Gasteiger partial charge in [-0.2, -0.15) is 0 Å². The van der Waals surface area contributed by atoms with Gasteiger partial charge >= 0.3 is 0 Å². The standard InChI is InChI=1S/C15H19NO3/c1-10-6-12-13(7-11(10)2)19-8-15(12,3)5-4-14(18)16-9-17/h6-7,9H,4-5,8H2,1-3H3,(H,16,17,18). The summed E-state index contributed by atoms with van der Waals surface area (Å²) >= 11 is 0.